The van der Waals surface area contributed by atoms with Crippen molar-refractivity contribution in [2.45, 2.75) is 25.7 Å². The van der Waals surface area contributed by atoms with E-state index < -0.39 is 0 Å². The van der Waals surface area contributed by atoms with Crippen molar-refractivity contribution in [3.8, 4) is 0 Å². The molecular weight excluding hydrogens is 349 g/mol. The van der Waals surface area contributed by atoms with Gasteiger partial charge in [0.1, 0.15) is 0 Å². The maximum absolute atomic E-state index is 12.2. The number of carbonyl (C=O) groups is 2. The quantitative estimate of drug-likeness (QED) is 0.806. The van der Waals surface area contributed by atoms with Crippen molar-refractivity contribution in [1.82, 2.24) is 10.2 Å². The summed E-state index contributed by atoms with van der Waals surface area (Å²) in [6.45, 7) is 2.03. The topological polar surface area (TPSA) is 61.4 Å². The van der Waals surface area contributed by atoms with Gasteiger partial charge in [0, 0.05) is 13.5 Å². The molecule has 0 saturated carbocycles. The molecule has 2 rings (SSSR count). The van der Waals surface area contributed by atoms with E-state index in [1.54, 1.807) is 25.2 Å². The Morgan fingerprint density at radius 2 is 1.88 bits per heavy atom. The molecule has 0 aromatic heterocycles. The van der Waals surface area contributed by atoms with Gasteiger partial charge in [0.2, 0.25) is 11.8 Å². The van der Waals surface area contributed by atoms with Crippen LogP contribution in [0, 0.1) is 5.92 Å². The average Bonchev–Trinajstić information content (AvgIpc) is 2.57. The summed E-state index contributed by atoms with van der Waals surface area (Å²) in [7, 11) is 1.64. The first-order valence-electron chi connectivity index (χ1n) is 8.16. The molecule has 0 spiro atoms. The van der Waals surface area contributed by atoms with Gasteiger partial charge in [0.05, 0.1) is 22.3 Å². The van der Waals surface area contributed by atoms with Crippen LogP contribution in [0.4, 0.5) is 5.69 Å². The minimum atomic E-state index is -0.317. The Morgan fingerprint density at radius 3 is 2.50 bits per heavy atom. The van der Waals surface area contributed by atoms with E-state index in [0.29, 0.717) is 28.1 Å². The molecule has 0 aliphatic carbocycles. The normalized spacial score (nSPS) is 15.1. The van der Waals surface area contributed by atoms with Gasteiger partial charge in [-0.3, -0.25) is 9.59 Å². The van der Waals surface area contributed by atoms with E-state index in [1.807, 2.05) is 0 Å². The minimum absolute atomic E-state index is 0.0195. The molecule has 1 saturated heterocycles. The minimum Gasteiger partial charge on any atom is -0.336 e. The molecule has 2 amide bonds. The lowest BCUT2D eigenvalue weighted by atomic mass is 9.93. The number of rotatable bonds is 6. The Hall–Kier alpha value is -1.30. The molecule has 0 atom stereocenters. The first-order chi connectivity index (χ1) is 11.5. The van der Waals surface area contributed by atoms with Gasteiger partial charge >= 0.3 is 0 Å². The van der Waals surface area contributed by atoms with Crippen molar-refractivity contribution in [3.05, 3.63) is 28.2 Å². The zero-order chi connectivity index (χ0) is 17.5. The maximum atomic E-state index is 12.2. The van der Waals surface area contributed by atoms with E-state index in [1.165, 1.54) is 4.90 Å². The molecule has 1 aromatic rings. The van der Waals surface area contributed by atoms with E-state index in [0.717, 1.165) is 32.4 Å². The van der Waals surface area contributed by atoms with Gasteiger partial charge in [-0.25, -0.2) is 0 Å². The zero-order valence-electron chi connectivity index (χ0n) is 13.8. The summed E-state index contributed by atoms with van der Waals surface area (Å²) in [6, 6.07) is 5.00. The zero-order valence-corrected chi connectivity index (χ0v) is 15.3. The smallest absolute Gasteiger partial charge is 0.244 e. The van der Waals surface area contributed by atoms with E-state index in [-0.39, 0.29) is 18.4 Å². The van der Waals surface area contributed by atoms with Gasteiger partial charge in [0.25, 0.3) is 0 Å². The van der Waals surface area contributed by atoms with Crippen LogP contribution in [0.5, 0.6) is 0 Å². The number of likely N-dealkylation sites (N-methyl/N-ethyl adjacent to an activating group) is 1. The van der Waals surface area contributed by atoms with Crippen LogP contribution in [-0.2, 0) is 9.59 Å². The Kier molecular flexibility index (Phi) is 7.34. The van der Waals surface area contributed by atoms with Crippen molar-refractivity contribution in [3.63, 3.8) is 0 Å². The molecule has 1 fully saturated rings. The SMILES string of the molecule is CN(CC(=O)Nc1c(Cl)cccc1Cl)C(=O)CCC1CCNCC1. The van der Waals surface area contributed by atoms with E-state index in [4.69, 9.17) is 23.2 Å². The van der Waals surface area contributed by atoms with Crippen molar-refractivity contribution < 1.29 is 9.59 Å². The lowest BCUT2D eigenvalue weighted by molar-refractivity contribution is -0.133. The third-order valence-electron chi connectivity index (χ3n) is 4.26. The van der Waals surface area contributed by atoms with Crippen molar-refractivity contribution in [2.24, 2.45) is 5.92 Å². The number of amides is 2. The highest BCUT2D eigenvalue weighted by Crippen LogP contribution is 2.29. The molecule has 132 valence electrons. The highest BCUT2D eigenvalue weighted by atomic mass is 35.5. The van der Waals surface area contributed by atoms with Crippen molar-refractivity contribution >= 4 is 40.7 Å². The fraction of sp³-hybridized carbons (Fsp3) is 0.529. The molecule has 0 unspecified atom stereocenters. The highest BCUT2D eigenvalue weighted by Gasteiger charge is 2.18. The Bertz CT molecular complexity index is 569. The molecule has 7 heteroatoms. The molecule has 1 aromatic carbocycles. The number of nitrogens with zero attached hydrogens (tertiary/aromatic N) is 1. The molecule has 0 bridgehead atoms. The fourth-order valence-corrected chi connectivity index (χ4v) is 3.28. The predicted molar refractivity (Wildman–Crippen MR) is 97.6 cm³/mol. The van der Waals surface area contributed by atoms with Crippen LogP contribution in [0.3, 0.4) is 0 Å². The lowest BCUT2D eigenvalue weighted by Crippen LogP contribution is -2.35. The fourth-order valence-electron chi connectivity index (χ4n) is 2.79. The van der Waals surface area contributed by atoms with Crippen molar-refractivity contribution in [2.75, 3.05) is 32.0 Å². The standard InChI is InChI=1S/C17H23Cl2N3O2/c1-22(16(24)6-5-12-7-9-20-10-8-12)11-15(23)21-17-13(18)3-2-4-14(17)19/h2-4,12,20H,5-11H2,1H3,(H,21,23). The summed E-state index contributed by atoms with van der Waals surface area (Å²) in [5, 5.41) is 6.72. The largest absolute Gasteiger partial charge is 0.336 e. The number of nitrogens with one attached hydrogen (secondary N) is 2. The van der Waals surface area contributed by atoms with Gasteiger partial charge in [-0.1, -0.05) is 29.3 Å². The number of para-hydroxylation sites is 1. The molecule has 5 nitrogen and oxygen atoms in total. The Morgan fingerprint density at radius 1 is 1.25 bits per heavy atom. The van der Waals surface area contributed by atoms with Crippen LogP contribution in [0.15, 0.2) is 18.2 Å². The van der Waals surface area contributed by atoms with Crippen LogP contribution < -0.4 is 10.6 Å². The van der Waals surface area contributed by atoms with Crippen molar-refractivity contribution in [1.29, 1.82) is 0 Å². The van der Waals surface area contributed by atoms with Crippen LogP contribution in [0.25, 0.3) is 0 Å². The van der Waals surface area contributed by atoms with E-state index in [2.05, 4.69) is 10.6 Å². The van der Waals surface area contributed by atoms with Gasteiger partial charge in [-0.15, -0.1) is 0 Å². The van der Waals surface area contributed by atoms with Gasteiger partial charge in [-0.05, 0) is 50.4 Å². The number of hydrogen-bond donors (Lipinski definition) is 2. The molecule has 2 N–H and O–H groups in total. The van der Waals surface area contributed by atoms with Gasteiger partial charge in [0.15, 0.2) is 0 Å². The number of halogens is 2. The molecule has 1 heterocycles. The second-order valence-corrected chi connectivity index (χ2v) is 6.94. The van der Waals surface area contributed by atoms with Crippen LogP contribution >= 0.6 is 23.2 Å². The maximum Gasteiger partial charge on any atom is 0.244 e. The summed E-state index contributed by atoms with van der Waals surface area (Å²) in [4.78, 5) is 25.7. The summed E-state index contributed by atoms with van der Waals surface area (Å²) in [6.07, 6.45) is 3.58. The Balaban J connectivity index is 1.79. The number of anilines is 1. The third-order valence-corrected chi connectivity index (χ3v) is 4.89. The third kappa shape index (κ3) is 5.65. The second-order valence-electron chi connectivity index (χ2n) is 6.13. The van der Waals surface area contributed by atoms with E-state index in [9.17, 15) is 9.59 Å². The molecule has 1 aliphatic heterocycles. The molecular formula is C17H23Cl2N3O2. The van der Waals surface area contributed by atoms with Gasteiger partial charge in [-0.2, -0.15) is 0 Å². The molecule has 1 aliphatic rings. The average molecular weight is 372 g/mol. The first-order valence-corrected chi connectivity index (χ1v) is 8.91. The summed E-state index contributed by atoms with van der Waals surface area (Å²) >= 11 is 12.0. The highest BCUT2D eigenvalue weighted by molar-refractivity contribution is 6.39. The van der Waals surface area contributed by atoms with Gasteiger partial charge < -0.3 is 15.5 Å². The number of benzene rings is 1. The predicted octanol–water partition coefficient (Wildman–Crippen LogP) is 3.17. The summed E-state index contributed by atoms with van der Waals surface area (Å²) in [5.41, 5.74) is 0.376. The monoisotopic (exact) mass is 371 g/mol. The van der Waals surface area contributed by atoms with Crippen LogP contribution in [-0.4, -0.2) is 43.4 Å². The summed E-state index contributed by atoms with van der Waals surface area (Å²) in [5.74, 6) is 0.260. The number of carbonyl (C=O) groups excluding carboxylic acids is 2. The second kappa shape index (κ2) is 9.25. The van der Waals surface area contributed by atoms with Crippen LogP contribution in [0.1, 0.15) is 25.7 Å². The lowest BCUT2D eigenvalue weighted by Gasteiger charge is -2.23. The van der Waals surface area contributed by atoms with Crippen LogP contribution in [0.2, 0.25) is 10.0 Å². The molecule has 24 heavy (non-hydrogen) atoms. The number of piperidine rings is 1. The molecule has 0 radical (unpaired) electrons. The summed E-state index contributed by atoms with van der Waals surface area (Å²) < 4.78 is 0. The van der Waals surface area contributed by atoms with E-state index >= 15 is 0 Å². The number of hydrogen-bond acceptors (Lipinski definition) is 3. The Labute approximate surface area is 152 Å². The first kappa shape index (κ1) is 19.0.